The van der Waals surface area contributed by atoms with Gasteiger partial charge in [-0.25, -0.2) is 9.37 Å². The van der Waals surface area contributed by atoms with Crippen LogP contribution in [0.5, 0.6) is 0 Å². The number of halogens is 1. The lowest BCUT2D eigenvalue weighted by Gasteiger charge is -2.07. The van der Waals surface area contributed by atoms with Crippen molar-refractivity contribution in [2.75, 3.05) is 5.32 Å². The van der Waals surface area contributed by atoms with Crippen LogP contribution >= 0.6 is 11.3 Å². The molecule has 0 saturated heterocycles. The van der Waals surface area contributed by atoms with Crippen molar-refractivity contribution in [3.8, 4) is 11.3 Å². The first-order chi connectivity index (χ1) is 11.0. The molecule has 2 aromatic carbocycles. The Kier molecular flexibility index (Phi) is 4.21. The number of para-hydroxylation sites is 1. The number of aromatic nitrogens is 1. The van der Waals surface area contributed by atoms with Gasteiger partial charge in [0.2, 0.25) is 0 Å². The first kappa shape index (κ1) is 15.4. The Morgan fingerprint density at radius 1 is 1.09 bits per heavy atom. The van der Waals surface area contributed by atoms with E-state index >= 15 is 0 Å². The number of rotatable bonds is 3. The van der Waals surface area contributed by atoms with Gasteiger partial charge in [-0.15, -0.1) is 11.3 Å². The summed E-state index contributed by atoms with van der Waals surface area (Å²) in [4.78, 5) is 17.8. The van der Waals surface area contributed by atoms with E-state index in [0.717, 1.165) is 21.1 Å². The molecule has 0 fully saturated rings. The molecule has 0 unspecified atom stereocenters. The normalized spacial score (nSPS) is 10.6. The van der Waals surface area contributed by atoms with Crippen LogP contribution in [0.4, 0.5) is 10.1 Å². The number of nitrogens with zero attached hydrogens (tertiary/aromatic N) is 1. The zero-order chi connectivity index (χ0) is 16.4. The predicted molar refractivity (Wildman–Crippen MR) is 91.4 cm³/mol. The predicted octanol–water partition coefficient (Wildman–Crippen LogP) is 4.82. The van der Waals surface area contributed by atoms with Crippen LogP contribution in [0.15, 0.2) is 48.5 Å². The van der Waals surface area contributed by atoms with E-state index in [1.165, 1.54) is 12.1 Å². The van der Waals surface area contributed by atoms with Crippen molar-refractivity contribution in [3.63, 3.8) is 0 Å². The molecule has 3 rings (SSSR count). The maximum Gasteiger partial charge on any atom is 0.255 e. The Bertz CT molecular complexity index is 856. The van der Waals surface area contributed by atoms with Crippen molar-refractivity contribution in [2.24, 2.45) is 0 Å². The Labute approximate surface area is 137 Å². The lowest BCUT2D eigenvalue weighted by Crippen LogP contribution is -2.12. The van der Waals surface area contributed by atoms with Gasteiger partial charge >= 0.3 is 0 Å². The summed E-state index contributed by atoms with van der Waals surface area (Å²) in [6, 6.07) is 13.3. The zero-order valence-corrected chi connectivity index (χ0v) is 13.6. The van der Waals surface area contributed by atoms with Crippen molar-refractivity contribution >= 4 is 22.9 Å². The summed E-state index contributed by atoms with van der Waals surface area (Å²) in [5.74, 6) is -0.793. The van der Waals surface area contributed by atoms with Crippen LogP contribution < -0.4 is 5.32 Å². The second-order valence-corrected chi connectivity index (χ2v) is 6.56. The number of thiazole rings is 1. The molecule has 3 aromatic rings. The van der Waals surface area contributed by atoms with Gasteiger partial charge in [0.1, 0.15) is 5.82 Å². The van der Waals surface area contributed by atoms with Crippen LogP contribution in [-0.4, -0.2) is 10.9 Å². The third-order valence-corrected chi connectivity index (χ3v) is 4.33. The topological polar surface area (TPSA) is 42.0 Å². The van der Waals surface area contributed by atoms with Gasteiger partial charge in [-0.05, 0) is 38.1 Å². The molecule has 0 aliphatic heterocycles. The molecule has 23 heavy (non-hydrogen) atoms. The minimum absolute atomic E-state index is 0.174. The van der Waals surface area contributed by atoms with E-state index in [4.69, 9.17) is 0 Å². The number of aryl methyl sites for hydroxylation is 2. The molecular weight excluding hydrogens is 311 g/mol. The summed E-state index contributed by atoms with van der Waals surface area (Å²) in [5.41, 5.74) is 2.55. The molecule has 1 heterocycles. The van der Waals surface area contributed by atoms with Crippen LogP contribution in [-0.2, 0) is 0 Å². The van der Waals surface area contributed by atoms with Gasteiger partial charge in [0.05, 0.1) is 16.4 Å². The standard InChI is InChI=1S/C18H15FN2OS/c1-11-17(20-12(2)23-11)13-7-9-14(10-8-13)18(22)21-16-6-4-3-5-15(16)19/h3-10H,1-2H3,(H,21,22). The minimum Gasteiger partial charge on any atom is -0.319 e. The second-order valence-electron chi connectivity index (χ2n) is 5.15. The van der Waals surface area contributed by atoms with Crippen LogP contribution in [0.3, 0.4) is 0 Å². The fourth-order valence-corrected chi connectivity index (χ4v) is 3.17. The summed E-state index contributed by atoms with van der Waals surface area (Å²) in [5, 5.41) is 3.59. The smallest absolute Gasteiger partial charge is 0.255 e. The van der Waals surface area contributed by atoms with E-state index in [1.54, 1.807) is 35.6 Å². The van der Waals surface area contributed by atoms with E-state index in [-0.39, 0.29) is 11.6 Å². The highest BCUT2D eigenvalue weighted by molar-refractivity contribution is 7.11. The highest BCUT2D eigenvalue weighted by Gasteiger charge is 2.11. The molecule has 0 spiro atoms. The van der Waals surface area contributed by atoms with Crippen LogP contribution in [0.2, 0.25) is 0 Å². The number of hydrogen-bond acceptors (Lipinski definition) is 3. The molecule has 5 heteroatoms. The largest absolute Gasteiger partial charge is 0.319 e. The number of benzene rings is 2. The van der Waals surface area contributed by atoms with Gasteiger partial charge in [-0.3, -0.25) is 4.79 Å². The van der Waals surface area contributed by atoms with Gasteiger partial charge in [-0.1, -0.05) is 24.3 Å². The van der Waals surface area contributed by atoms with Gasteiger partial charge < -0.3 is 5.32 Å². The summed E-state index contributed by atoms with van der Waals surface area (Å²) in [7, 11) is 0. The van der Waals surface area contributed by atoms with Crippen molar-refractivity contribution in [1.82, 2.24) is 4.98 Å². The number of anilines is 1. The maximum absolute atomic E-state index is 13.6. The van der Waals surface area contributed by atoms with Crippen molar-refractivity contribution in [2.45, 2.75) is 13.8 Å². The second kappa shape index (κ2) is 6.30. The molecule has 3 nitrogen and oxygen atoms in total. The molecule has 0 saturated carbocycles. The molecule has 0 atom stereocenters. The van der Waals surface area contributed by atoms with Crippen LogP contribution in [0.25, 0.3) is 11.3 Å². The average Bonchev–Trinajstić information content (AvgIpc) is 2.88. The Morgan fingerprint density at radius 3 is 2.39 bits per heavy atom. The molecule has 1 N–H and O–H groups in total. The van der Waals surface area contributed by atoms with Gasteiger partial charge in [0.15, 0.2) is 0 Å². The first-order valence-electron chi connectivity index (χ1n) is 7.15. The van der Waals surface area contributed by atoms with E-state index in [0.29, 0.717) is 5.56 Å². The molecule has 0 bridgehead atoms. The number of carbonyl (C=O) groups excluding carboxylic acids is 1. The highest BCUT2D eigenvalue weighted by Crippen LogP contribution is 2.27. The highest BCUT2D eigenvalue weighted by atomic mass is 32.1. The SMILES string of the molecule is Cc1nc(-c2ccc(C(=O)Nc3ccccc3F)cc2)c(C)s1. The third-order valence-electron chi connectivity index (χ3n) is 3.45. The third kappa shape index (κ3) is 3.29. The van der Waals surface area contributed by atoms with Crippen molar-refractivity contribution < 1.29 is 9.18 Å². The average molecular weight is 326 g/mol. The summed E-state index contributed by atoms with van der Waals surface area (Å²) in [6.45, 7) is 4.00. The fraction of sp³-hybridized carbons (Fsp3) is 0.111. The molecule has 1 amide bonds. The number of amides is 1. The quantitative estimate of drug-likeness (QED) is 0.750. The van der Waals surface area contributed by atoms with Gasteiger partial charge in [-0.2, -0.15) is 0 Å². The van der Waals surface area contributed by atoms with E-state index < -0.39 is 5.82 Å². The summed E-state index contributed by atoms with van der Waals surface area (Å²) < 4.78 is 13.6. The van der Waals surface area contributed by atoms with Crippen LogP contribution in [0, 0.1) is 19.7 Å². The monoisotopic (exact) mass is 326 g/mol. The van der Waals surface area contributed by atoms with Gasteiger partial charge in [0, 0.05) is 16.0 Å². The number of carbonyl (C=O) groups is 1. The minimum atomic E-state index is -0.453. The molecule has 1 aromatic heterocycles. The Morgan fingerprint density at radius 2 is 1.78 bits per heavy atom. The Balaban J connectivity index is 1.81. The van der Waals surface area contributed by atoms with E-state index in [1.807, 2.05) is 26.0 Å². The van der Waals surface area contributed by atoms with Gasteiger partial charge in [0.25, 0.3) is 5.91 Å². The number of hydrogen-bond donors (Lipinski definition) is 1. The Hall–Kier alpha value is -2.53. The fourth-order valence-electron chi connectivity index (χ4n) is 2.33. The van der Waals surface area contributed by atoms with E-state index in [9.17, 15) is 9.18 Å². The van der Waals surface area contributed by atoms with E-state index in [2.05, 4.69) is 10.3 Å². The molecule has 0 radical (unpaired) electrons. The van der Waals surface area contributed by atoms with Crippen molar-refractivity contribution in [1.29, 1.82) is 0 Å². The molecular formula is C18H15FN2OS. The summed E-state index contributed by atoms with van der Waals surface area (Å²) in [6.07, 6.45) is 0. The number of nitrogens with one attached hydrogen (secondary N) is 1. The molecule has 116 valence electrons. The first-order valence-corrected chi connectivity index (χ1v) is 7.96. The lowest BCUT2D eigenvalue weighted by atomic mass is 10.1. The maximum atomic E-state index is 13.6. The van der Waals surface area contributed by atoms with Crippen LogP contribution in [0.1, 0.15) is 20.2 Å². The summed E-state index contributed by atoms with van der Waals surface area (Å²) >= 11 is 1.65. The molecule has 0 aliphatic carbocycles. The lowest BCUT2D eigenvalue weighted by molar-refractivity contribution is 0.102. The zero-order valence-electron chi connectivity index (χ0n) is 12.8. The van der Waals surface area contributed by atoms with Crippen molar-refractivity contribution in [3.05, 3.63) is 69.8 Å². The molecule has 0 aliphatic rings.